The summed E-state index contributed by atoms with van der Waals surface area (Å²) in [5.74, 6) is 0. The van der Waals surface area contributed by atoms with Crippen LogP contribution in [-0.4, -0.2) is 112 Å². The number of hydrogen-bond donors (Lipinski definition) is 0. The molecule has 0 aromatic carbocycles. The Kier molecular flexibility index (Phi) is 9.46. The van der Waals surface area contributed by atoms with Crippen LogP contribution in [0.15, 0.2) is 0 Å². The van der Waals surface area contributed by atoms with Crippen molar-refractivity contribution in [2.24, 2.45) is 0 Å². The normalized spacial score (nSPS) is 22.7. The molecule has 0 amide bonds. The quantitative estimate of drug-likeness (QED) is 0.551. The molecule has 23 heavy (non-hydrogen) atoms. The van der Waals surface area contributed by atoms with Crippen LogP contribution in [0.25, 0.3) is 0 Å². The first-order chi connectivity index (χ1) is 11.2. The Labute approximate surface area is 144 Å². The van der Waals surface area contributed by atoms with Gasteiger partial charge >= 0.3 is 0 Å². The van der Waals surface area contributed by atoms with Gasteiger partial charge in [0.15, 0.2) is 0 Å². The molecule has 2 fully saturated rings. The van der Waals surface area contributed by atoms with E-state index in [0.29, 0.717) is 0 Å². The van der Waals surface area contributed by atoms with Gasteiger partial charge in [-0.05, 0) is 52.9 Å². The molecule has 2 saturated heterocycles. The SMILES string of the molecule is CN1CCN(CCCC[N]CCCCN2CCN(C)CC2)CC1. The van der Waals surface area contributed by atoms with Crippen LogP contribution in [0.3, 0.4) is 0 Å². The van der Waals surface area contributed by atoms with Crippen molar-refractivity contribution in [3.05, 3.63) is 0 Å². The molecule has 0 bridgehead atoms. The lowest BCUT2D eigenvalue weighted by atomic mass is 10.2. The molecular formula is C18H38N5. The van der Waals surface area contributed by atoms with Crippen molar-refractivity contribution in [3.8, 4) is 0 Å². The van der Waals surface area contributed by atoms with Crippen molar-refractivity contribution < 1.29 is 0 Å². The largest absolute Gasteiger partial charge is 0.304 e. The minimum Gasteiger partial charge on any atom is -0.304 e. The lowest BCUT2D eigenvalue weighted by Crippen LogP contribution is -2.44. The third-order valence-electron chi connectivity index (χ3n) is 5.27. The molecule has 5 heteroatoms. The maximum absolute atomic E-state index is 4.71. The highest BCUT2D eigenvalue weighted by Gasteiger charge is 2.13. The first-order valence-electron chi connectivity index (χ1n) is 9.69. The molecule has 0 aromatic rings. The average Bonchev–Trinajstić information content (AvgIpc) is 2.56. The number of unbranched alkanes of at least 4 members (excludes halogenated alkanes) is 2. The molecule has 2 rings (SSSR count). The van der Waals surface area contributed by atoms with Gasteiger partial charge < -0.3 is 19.6 Å². The second kappa shape index (κ2) is 11.4. The van der Waals surface area contributed by atoms with Gasteiger partial charge in [-0.1, -0.05) is 0 Å². The lowest BCUT2D eigenvalue weighted by Gasteiger charge is -2.32. The van der Waals surface area contributed by atoms with Gasteiger partial charge in [0, 0.05) is 65.4 Å². The van der Waals surface area contributed by atoms with Crippen LogP contribution in [0.5, 0.6) is 0 Å². The fourth-order valence-electron chi connectivity index (χ4n) is 3.37. The zero-order chi connectivity index (χ0) is 16.3. The van der Waals surface area contributed by atoms with E-state index in [4.69, 9.17) is 5.32 Å². The molecular weight excluding hydrogens is 286 g/mol. The van der Waals surface area contributed by atoms with Crippen molar-refractivity contribution in [2.75, 3.05) is 92.6 Å². The van der Waals surface area contributed by atoms with Gasteiger partial charge in [-0.25, -0.2) is 5.32 Å². The predicted octanol–water partition coefficient (Wildman–Crippen LogP) is 0.646. The van der Waals surface area contributed by atoms with Crippen molar-refractivity contribution in [1.29, 1.82) is 0 Å². The zero-order valence-corrected chi connectivity index (χ0v) is 15.5. The van der Waals surface area contributed by atoms with E-state index in [1.165, 1.54) is 91.1 Å². The molecule has 0 atom stereocenters. The summed E-state index contributed by atoms with van der Waals surface area (Å²) >= 11 is 0. The van der Waals surface area contributed by atoms with Crippen molar-refractivity contribution in [1.82, 2.24) is 24.9 Å². The Bertz CT molecular complexity index is 255. The maximum atomic E-state index is 4.71. The van der Waals surface area contributed by atoms with Gasteiger partial charge in [0.05, 0.1) is 0 Å². The highest BCUT2D eigenvalue weighted by atomic mass is 15.2. The minimum atomic E-state index is 1.07. The zero-order valence-electron chi connectivity index (χ0n) is 15.5. The highest BCUT2D eigenvalue weighted by molar-refractivity contribution is 4.70. The lowest BCUT2D eigenvalue weighted by molar-refractivity contribution is 0.151. The summed E-state index contributed by atoms with van der Waals surface area (Å²) in [4.78, 5) is 10.1. The van der Waals surface area contributed by atoms with Crippen molar-refractivity contribution in [2.45, 2.75) is 25.7 Å². The number of piperazine rings is 2. The van der Waals surface area contributed by atoms with Gasteiger partial charge in [0.25, 0.3) is 0 Å². The Hall–Kier alpha value is -0.200. The van der Waals surface area contributed by atoms with Crippen LogP contribution in [0.4, 0.5) is 0 Å². The topological polar surface area (TPSA) is 27.1 Å². The first-order valence-corrected chi connectivity index (χ1v) is 9.69. The number of hydrogen-bond acceptors (Lipinski definition) is 4. The number of rotatable bonds is 10. The van der Waals surface area contributed by atoms with Crippen LogP contribution in [0, 0.1) is 0 Å². The summed E-state index contributed by atoms with van der Waals surface area (Å²) < 4.78 is 0. The van der Waals surface area contributed by atoms with Gasteiger partial charge in [0.1, 0.15) is 0 Å². The third-order valence-corrected chi connectivity index (χ3v) is 5.27. The molecule has 0 N–H and O–H groups in total. The third kappa shape index (κ3) is 8.45. The van der Waals surface area contributed by atoms with Crippen molar-refractivity contribution in [3.63, 3.8) is 0 Å². The Morgan fingerprint density at radius 1 is 0.565 bits per heavy atom. The molecule has 135 valence electrons. The fraction of sp³-hybridized carbons (Fsp3) is 1.00. The molecule has 0 aliphatic carbocycles. The monoisotopic (exact) mass is 324 g/mol. The number of likely N-dealkylation sites (N-methyl/N-ethyl adjacent to an activating group) is 2. The van der Waals surface area contributed by atoms with E-state index in [1.807, 2.05) is 0 Å². The molecule has 0 saturated carbocycles. The Balaban J connectivity index is 1.32. The second-order valence-electron chi connectivity index (χ2n) is 7.37. The van der Waals surface area contributed by atoms with Crippen LogP contribution in [0.2, 0.25) is 0 Å². The summed E-state index contributed by atoms with van der Waals surface area (Å²) in [7, 11) is 4.44. The second-order valence-corrected chi connectivity index (χ2v) is 7.37. The van der Waals surface area contributed by atoms with Gasteiger partial charge in [0.2, 0.25) is 0 Å². The first kappa shape index (κ1) is 19.1. The Morgan fingerprint density at radius 3 is 1.35 bits per heavy atom. The molecule has 5 nitrogen and oxygen atoms in total. The molecule has 1 radical (unpaired) electrons. The van der Waals surface area contributed by atoms with E-state index in [1.54, 1.807) is 0 Å². The van der Waals surface area contributed by atoms with Crippen LogP contribution >= 0.6 is 0 Å². The summed E-state index contributed by atoms with van der Waals surface area (Å²) in [6.07, 6.45) is 5.17. The van der Waals surface area contributed by atoms with Gasteiger partial charge in [-0.3, -0.25) is 0 Å². The van der Waals surface area contributed by atoms with E-state index in [9.17, 15) is 0 Å². The molecule has 0 unspecified atom stereocenters. The molecule has 2 aliphatic rings. The minimum absolute atomic E-state index is 1.07. The number of nitrogens with zero attached hydrogens (tertiary/aromatic N) is 5. The predicted molar refractivity (Wildman–Crippen MR) is 98.2 cm³/mol. The molecule has 2 aliphatic heterocycles. The maximum Gasteiger partial charge on any atom is 0.0133 e. The standard InChI is InChI=1S/C18H38N5/c1-20-11-15-22(16-12-20)9-5-3-7-19-8-4-6-10-23-17-13-21(2)14-18-23/h3-18H2,1-2H3. The van der Waals surface area contributed by atoms with Gasteiger partial charge in [-0.2, -0.15) is 0 Å². The molecule has 2 heterocycles. The highest BCUT2D eigenvalue weighted by Crippen LogP contribution is 2.03. The van der Waals surface area contributed by atoms with Gasteiger partial charge in [-0.15, -0.1) is 0 Å². The van der Waals surface area contributed by atoms with Crippen LogP contribution < -0.4 is 5.32 Å². The van der Waals surface area contributed by atoms with E-state index in [-0.39, 0.29) is 0 Å². The smallest absolute Gasteiger partial charge is 0.0133 e. The summed E-state index contributed by atoms with van der Waals surface area (Å²) in [5, 5.41) is 4.71. The van der Waals surface area contributed by atoms with E-state index >= 15 is 0 Å². The Morgan fingerprint density at radius 2 is 0.957 bits per heavy atom. The summed E-state index contributed by atoms with van der Waals surface area (Å²) in [6.45, 7) is 14.6. The van der Waals surface area contributed by atoms with Crippen molar-refractivity contribution >= 4 is 0 Å². The molecule has 0 spiro atoms. The average molecular weight is 325 g/mol. The fourth-order valence-corrected chi connectivity index (χ4v) is 3.37. The van der Waals surface area contributed by atoms with E-state index < -0.39 is 0 Å². The van der Waals surface area contributed by atoms with E-state index in [2.05, 4.69) is 33.7 Å². The van der Waals surface area contributed by atoms with E-state index in [0.717, 1.165) is 13.1 Å². The summed E-state index contributed by atoms with van der Waals surface area (Å²) in [5.41, 5.74) is 0. The molecule has 0 aromatic heterocycles. The van der Waals surface area contributed by atoms with Crippen LogP contribution in [0.1, 0.15) is 25.7 Å². The summed E-state index contributed by atoms with van der Waals surface area (Å²) in [6, 6.07) is 0. The van der Waals surface area contributed by atoms with Crippen LogP contribution in [-0.2, 0) is 0 Å².